The molecule has 0 spiro atoms. The van der Waals surface area contributed by atoms with E-state index in [1.165, 1.54) is 38.5 Å². The van der Waals surface area contributed by atoms with Gasteiger partial charge in [0.25, 0.3) is 0 Å². The van der Waals surface area contributed by atoms with Crippen molar-refractivity contribution in [2.24, 2.45) is 5.92 Å². The summed E-state index contributed by atoms with van der Waals surface area (Å²) in [6.45, 7) is 0. The van der Waals surface area contributed by atoms with Crippen LogP contribution in [0.2, 0.25) is 0 Å². The van der Waals surface area contributed by atoms with Gasteiger partial charge in [-0.2, -0.15) is 0 Å². The fraction of sp³-hybridized carbons (Fsp3) is 0.667. The highest BCUT2D eigenvalue weighted by Gasteiger charge is 2.17. The second-order valence-electron chi connectivity index (χ2n) is 5.42. The van der Waals surface area contributed by atoms with Gasteiger partial charge < -0.3 is 5.11 Å². The standard InChI is InChI=1S/C15H22BrNO/c16-13-7-8-14(17-11-13)10-15(18)9-12-5-3-1-2-4-6-12/h7-8,11-12,15,18H,1-6,9-10H2. The van der Waals surface area contributed by atoms with Gasteiger partial charge >= 0.3 is 0 Å². The van der Waals surface area contributed by atoms with E-state index >= 15 is 0 Å². The normalized spacial score (nSPS) is 19.4. The zero-order chi connectivity index (χ0) is 12.8. The Labute approximate surface area is 118 Å². The van der Waals surface area contributed by atoms with E-state index < -0.39 is 0 Å². The summed E-state index contributed by atoms with van der Waals surface area (Å²) in [4.78, 5) is 4.32. The van der Waals surface area contributed by atoms with Crippen LogP contribution in [0.4, 0.5) is 0 Å². The van der Waals surface area contributed by atoms with Gasteiger partial charge in [0.05, 0.1) is 6.10 Å². The minimum absolute atomic E-state index is 0.234. The first-order valence-electron chi connectivity index (χ1n) is 7.02. The summed E-state index contributed by atoms with van der Waals surface area (Å²) in [5, 5.41) is 10.2. The minimum Gasteiger partial charge on any atom is -0.393 e. The van der Waals surface area contributed by atoms with E-state index in [2.05, 4.69) is 20.9 Å². The average molecular weight is 312 g/mol. The monoisotopic (exact) mass is 311 g/mol. The molecule has 0 bridgehead atoms. The number of halogens is 1. The number of pyridine rings is 1. The molecule has 1 N–H and O–H groups in total. The van der Waals surface area contributed by atoms with E-state index in [0.29, 0.717) is 6.42 Å². The summed E-state index contributed by atoms with van der Waals surface area (Å²) < 4.78 is 0.990. The predicted molar refractivity (Wildman–Crippen MR) is 77.5 cm³/mol. The smallest absolute Gasteiger partial charge is 0.0598 e. The van der Waals surface area contributed by atoms with Crippen LogP contribution >= 0.6 is 15.9 Å². The van der Waals surface area contributed by atoms with E-state index in [1.54, 1.807) is 6.20 Å². The Morgan fingerprint density at radius 3 is 2.56 bits per heavy atom. The van der Waals surface area contributed by atoms with Gasteiger partial charge in [-0.3, -0.25) is 4.98 Å². The van der Waals surface area contributed by atoms with Gasteiger partial charge in [0.15, 0.2) is 0 Å². The number of aromatic nitrogens is 1. The molecule has 0 aliphatic heterocycles. The number of aliphatic hydroxyl groups is 1. The lowest BCUT2D eigenvalue weighted by atomic mass is 9.92. The van der Waals surface area contributed by atoms with Crippen molar-refractivity contribution < 1.29 is 5.11 Å². The van der Waals surface area contributed by atoms with Crippen LogP contribution < -0.4 is 0 Å². The van der Waals surface area contributed by atoms with Crippen LogP contribution in [0.5, 0.6) is 0 Å². The largest absolute Gasteiger partial charge is 0.393 e. The van der Waals surface area contributed by atoms with Crippen LogP contribution in [-0.2, 0) is 6.42 Å². The first-order valence-corrected chi connectivity index (χ1v) is 7.82. The lowest BCUT2D eigenvalue weighted by Gasteiger charge is -2.18. The third-order valence-electron chi connectivity index (χ3n) is 3.81. The molecular formula is C15H22BrNO. The zero-order valence-electron chi connectivity index (χ0n) is 10.8. The molecule has 1 unspecified atom stereocenters. The molecule has 1 aromatic heterocycles. The molecule has 1 fully saturated rings. The van der Waals surface area contributed by atoms with Crippen molar-refractivity contribution in [2.45, 2.75) is 57.5 Å². The first kappa shape index (κ1) is 14.0. The molecule has 0 saturated heterocycles. The Bertz CT molecular complexity index is 344. The maximum atomic E-state index is 10.2. The van der Waals surface area contributed by atoms with Gasteiger partial charge in [0, 0.05) is 22.8 Å². The molecule has 0 amide bonds. The van der Waals surface area contributed by atoms with Gasteiger partial charge in [0.2, 0.25) is 0 Å². The lowest BCUT2D eigenvalue weighted by Crippen LogP contribution is -2.16. The number of hydrogen-bond donors (Lipinski definition) is 1. The number of nitrogens with zero attached hydrogens (tertiary/aromatic N) is 1. The Balaban J connectivity index is 1.80. The fourth-order valence-electron chi connectivity index (χ4n) is 2.84. The first-order chi connectivity index (χ1) is 8.74. The Hall–Kier alpha value is -0.410. The van der Waals surface area contributed by atoms with Crippen molar-refractivity contribution >= 4 is 15.9 Å². The molecule has 2 nitrogen and oxygen atoms in total. The SMILES string of the molecule is OC(Cc1ccc(Br)cn1)CC1CCCCCC1. The van der Waals surface area contributed by atoms with Crippen LogP contribution in [-0.4, -0.2) is 16.2 Å². The molecule has 1 saturated carbocycles. The summed E-state index contributed by atoms with van der Waals surface area (Å²) in [7, 11) is 0. The molecule has 1 heterocycles. The molecule has 2 rings (SSSR count). The maximum absolute atomic E-state index is 10.2. The molecular weight excluding hydrogens is 290 g/mol. The minimum atomic E-state index is -0.234. The maximum Gasteiger partial charge on any atom is 0.0598 e. The third kappa shape index (κ3) is 4.69. The Kier molecular flexibility index (Phi) is 5.64. The van der Waals surface area contributed by atoms with Crippen LogP contribution in [0.25, 0.3) is 0 Å². The zero-order valence-corrected chi connectivity index (χ0v) is 12.4. The summed E-state index contributed by atoms with van der Waals surface area (Å²) in [6, 6.07) is 3.97. The van der Waals surface area contributed by atoms with Crippen molar-refractivity contribution in [2.75, 3.05) is 0 Å². The summed E-state index contributed by atoms with van der Waals surface area (Å²) in [5.74, 6) is 0.720. The highest BCUT2D eigenvalue weighted by atomic mass is 79.9. The second kappa shape index (κ2) is 7.25. The quantitative estimate of drug-likeness (QED) is 0.849. The van der Waals surface area contributed by atoms with Crippen LogP contribution in [0, 0.1) is 5.92 Å². The number of rotatable bonds is 4. The van der Waals surface area contributed by atoms with E-state index in [-0.39, 0.29) is 6.10 Å². The fourth-order valence-corrected chi connectivity index (χ4v) is 3.07. The van der Waals surface area contributed by atoms with E-state index in [0.717, 1.165) is 22.5 Å². The summed E-state index contributed by atoms with van der Waals surface area (Å²) in [5.41, 5.74) is 0.985. The molecule has 1 aromatic rings. The van der Waals surface area contributed by atoms with Gasteiger partial charge in [-0.05, 0) is 40.4 Å². The summed E-state index contributed by atoms with van der Waals surface area (Å²) >= 11 is 3.37. The molecule has 0 radical (unpaired) electrons. The average Bonchev–Trinajstić information content (AvgIpc) is 2.61. The van der Waals surface area contributed by atoms with E-state index in [9.17, 15) is 5.11 Å². The van der Waals surface area contributed by atoms with E-state index in [4.69, 9.17) is 0 Å². The molecule has 1 aliphatic rings. The molecule has 0 aromatic carbocycles. The highest BCUT2D eigenvalue weighted by Crippen LogP contribution is 2.27. The molecule has 1 atom stereocenters. The Morgan fingerprint density at radius 1 is 1.22 bits per heavy atom. The van der Waals surface area contributed by atoms with Gasteiger partial charge in [-0.15, -0.1) is 0 Å². The molecule has 100 valence electrons. The highest BCUT2D eigenvalue weighted by molar-refractivity contribution is 9.10. The third-order valence-corrected chi connectivity index (χ3v) is 4.28. The lowest BCUT2D eigenvalue weighted by molar-refractivity contribution is 0.136. The van der Waals surface area contributed by atoms with Crippen molar-refractivity contribution in [3.8, 4) is 0 Å². The molecule has 18 heavy (non-hydrogen) atoms. The van der Waals surface area contributed by atoms with Crippen molar-refractivity contribution in [1.82, 2.24) is 4.98 Å². The number of hydrogen-bond acceptors (Lipinski definition) is 2. The second-order valence-corrected chi connectivity index (χ2v) is 6.33. The Morgan fingerprint density at radius 2 is 1.94 bits per heavy atom. The van der Waals surface area contributed by atoms with Crippen LogP contribution in [0.3, 0.4) is 0 Å². The van der Waals surface area contributed by atoms with Crippen molar-refractivity contribution in [3.05, 3.63) is 28.5 Å². The van der Waals surface area contributed by atoms with Crippen molar-refractivity contribution in [1.29, 1.82) is 0 Å². The van der Waals surface area contributed by atoms with Crippen LogP contribution in [0.1, 0.15) is 50.6 Å². The topological polar surface area (TPSA) is 33.1 Å². The number of aliphatic hydroxyl groups excluding tert-OH is 1. The van der Waals surface area contributed by atoms with Crippen LogP contribution in [0.15, 0.2) is 22.8 Å². The molecule has 1 aliphatic carbocycles. The molecule has 3 heteroatoms. The summed E-state index contributed by atoms with van der Waals surface area (Å²) in [6.07, 6.45) is 11.2. The predicted octanol–water partition coefficient (Wildman–Crippen LogP) is 4.11. The van der Waals surface area contributed by atoms with Crippen molar-refractivity contribution in [3.63, 3.8) is 0 Å². The van der Waals surface area contributed by atoms with Gasteiger partial charge in [0.1, 0.15) is 0 Å². The van der Waals surface area contributed by atoms with Gasteiger partial charge in [-0.25, -0.2) is 0 Å². The van der Waals surface area contributed by atoms with E-state index in [1.807, 2.05) is 12.1 Å². The van der Waals surface area contributed by atoms with Gasteiger partial charge in [-0.1, -0.05) is 38.5 Å².